The molecule has 0 bridgehead atoms. The lowest BCUT2D eigenvalue weighted by atomic mass is 9.87. The average Bonchev–Trinajstić information content (AvgIpc) is 3.53. The number of carboxylic acids is 1. The smallest absolute Gasteiger partial charge is 0.409 e. The van der Waals surface area contributed by atoms with Crippen molar-refractivity contribution >= 4 is 12.1 Å². The zero-order valence-electron chi connectivity index (χ0n) is 18.4. The molecule has 4 rings (SSSR count). The fraction of sp³-hybridized carbons (Fsp3) is 0.591. The van der Waals surface area contributed by atoms with Gasteiger partial charge in [-0.25, -0.2) is 9.48 Å². The zero-order valence-corrected chi connectivity index (χ0v) is 18.4. The van der Waals surface area contributed by atoms with E-state index < -0.39 is 5.97 Å². The largest absolute Gasteiger partial charge is 0.489 e. The zero-order chi connectivity index (χ0) is 22.7. The number of aryl methyl sites for hydroxylation is 1. The van der Waals surface area contributed by atoms with Gasteiger partial charge >= 0.3 is 12.1 Å². The first kappa shape index (κ1) is 22.0. The van der Waals surface area contributed by atoms with Gasteiger partial charge in [-0.1, -0.05) is 5.21 Å². The molecule has 0 unspecified atom stereocenters. The van der Waals surface area contributed by atoms with Crippen molar-refractivity contribution in [3.8, 4) is 17.1 Å². The predicted molar refractivity (Wildman–Crippen MR) is 114 cm³/mol. The Hall–Kier alpha value is -3.17. The Morgan fingerprint density at radius 2 is 2.06 bits per heavy atom. The van der Waals surface area contributed by atoms with Crippen LogP contribution in [-0.2, 0) is 23.2 Å². The van der Waals surface area contributed by atoms with Crippen LogP contribution < -0.4 is 4.74 Å². The number of aliphatic carboxylic acids is 1. The van der Waals surface area contributed by atoms with Crippen molar-refractivity contribution in [3.63, 3.8) is 0 Å². The average molecular weight is 444 g/mol. The van der Waals surface area contributed by atoms with Crippen molar-refractivity contribution in [1.29, 1.82) is 0 Å². The number of carboxylic acid groups (broad SMARTS) is 1. The van der Waals surface area contributed by atoms with E-state index in [1.807, 2.05) is 0 Å². The van der Waals surface area contributed by atoms with Crippen molar-refractivity contribution in [3.05, 3.63) is 24.0 Å². The summed E-state index contributed by atoms with van der Waals surface area (Å²) in [6.45, 7) is 0.762. The molecule has 2 fully saturated rings. The van der Waals surface area contributed by atoms with Crippen molar-refractivity contribution in [1.82, 2.24) is 24.9 Å². The van der Waals surface area contributed by atoms with Crippen LogP contribution in [-0.4, -0.2) is 61.7 Å². The third-order valence-electron chi connectivity index (χ3n) is 6.07. The van der Waals surface area contributed by atoms with Crippen molar-refractivity contribution in [2.45, 2.75) is 51.2 Å². The van der Waals surface area contributed by atoms with Gasteiger partial charge in [0, 0.05) is 20.6 Å². The summed E-state index contributed by atoms with van der Waals surface area (Å²) in [4.78, 5) is 29.5. The van der Waals surface area contributed by atoms with Crippen LogP contribution in [0.1, 0.15) is 44.2 Å². The highest BCUT2D eigenvalue weighted by atomic mass is 16.6. The third kappa shape index (κ3) is 5.35. The van der Waals surface area contributed by atoms with Crippen LogP contribution in [0.25, 0.3) is 11.4 Å². The van der Waals surface area contributed by atoms with Gasteiger partial charge in [0.1, 0.15) is 23.7 Å². The topological polar surface area (TPSA) is 120 Å². The first-order valence-electron chi connectivity index (χ1n) is 11.0. The Bertz CT molecular complexity index is 956. The van der Waals surface area contributed by atoms with E-state index in [1.165, 1.54) is 12.8 Å². The molecule has 2 heterocycles. The highest BCUT2D eigenvalue weighted by Gasteiger charge is 2.28. The summed E-state index contributed by atoms with van der Waals surface area (Å²) in [5.74, 6) is 0.0638. The summed E-state index contributed by atoms with van der Waals surface area (Å²) in [6, 6.07) is 3.57. The van der Waals surface area contributed by atoms with E-state index in [9.17, 15) is 14.7 Å². The minimum Gasteiger partial charge on any atom is -0.489 e. The molecular weight excluding hydrogens is 414 g/mol. The lowest BCUT2D eigenvalue weighted by Gasteiger charge is -2.27. The molecule has 2 aromatic rings. The summed E-state index contributed by atoms with van der Waals surface area (Å²) < 4.78 is 13.0. The van der Waals surface area contributed by atoms with Crippen molar-refractivity contribution in [2.24, 2.45) is 18.9 Å². The summed E-state index contributed by atoms with van der Waals surface area (Å²) in [5.41, 5.74) is 1.78. The molecule has 10 nitrogen and oxygen atoms in total. The van der Waals surface area contributed by atoms with E-state index in [1.54, 1.807) is 42.0 Å². The molecule has 1 N–H and O–H groups in total. The molecule has 0 aromatic carbocycles. The molecule has 2 aliphatic rings. The normalized spacial score (nSPS) is 20.6. The molecule has 0 radical (unpaired) electrons. The van der Waals surface area contributed by atoms with Crippen LogP contribution in [0.15, 0.2) is 18.3 Å². The Kier molecular flexibility index (Phi) is 6.57. The van der Waals surface area contributed by atoms with Crippen LogP contribution in [0, 0.1) is 11.8 Å². The van der Waals surface area contributed by atoms with Gasteiger partial charge in [-0.2, -0.15) is 0 Å². The molecule has 0 spiro atoms. The van der Waals surface area contributed by atoms with Crippen LogP contribution >= 0.6 is 0 Å². The summed E-state index contributed by atoms with van der Waals surface area (Å²) in [7, 11) is 3.49. The SMILES string of the molecule is CN(CC1CC1)C(=O)OCc1c(-c2ccc(O[C@H]3CCC[C@H](C(=O)O)C3)cn2)nnn1C. The summed E-state index contributed by atoms with van der Waals surface area (Å²) in [6.07, 6.45) is 6.32. The van der Waals surface area contributed by atoms with Gasteiger partial charge in [0.15, 0.2) is 0 Å². The van der Waals surface area contributed by atoms with Crippen LogP contribution in [0.2, 0.25) is 0 Å². The first-order valence-corrected chi connectivity index (χ1v) is 11.0. The Morgan fingerprint density at radius 3 is 2.75 bits per heavy atom. The van der Waals surface area contributed by atoms with Gasteiger partial charge in [0.2, 0.25) is 0 Å². The maximum atomic E-state index is 12.2. The molecule has 0 saturated heterocycles. The lowest BCUT2D eigenvalue weighted by Crippen LogP contribution is -2.29. The van der Waals surface area contributed by atoms with Crippen LogP contribution in [0.5, 0.6) is 5.75 Å². The lowest BCUT2D eigenvalue weighted by molar-refractivity contribution is -0.143. The molecule has 2 atom stereocenters. The number of hydrogen-bond acceptors (Lipinski definition) is 7. The standard InChI is InChI=1S/C22H29N5O5/c1-26(12-14-6-7-14)22(30)31-13-19-20(24-25-27(19)2)18-9-8-17(11-23-18)32-16-5-3-4-15(10-16)21(28)29/h8-9,11,14-16H,3-7,10,12-13H2,1-2H3,(H,28,29)/t15-,16-/m0/s1. The monoisotopic (exact) mass is 443 g/mol. The fourth-order valence-electron chi connectivity index (χ4n) is 4.00. The number of aromatic nitrogens is 4. The van der Waals surface area contributed by atoms with Gasteiger partial charge in [0.25, 0.3) is 0 Å². The van der Waals surface area contributed by atoms with E-state index in [4.69, 9.17) is 9.47 Å². The number of ether oxygens (including phenoxy) is 2. The van der Waals surface area contributed by atoms with Gasteiger partial charge in [-0.3, -0.25) is 9.78 Å². The molecule has 32 heavy (non-hydrogen) atoms. The fourth-order valence-corrected chi connectivity index (χ4v) is 4.00. The number of carbonyl (C=O) groups is 2. The van der Waals surface area contributed by atoms with E-state index >= 15 is 0 Å². The minimum atomic E-state index is -0.763. The number of hydrogen-bond donors (Lipinski definition) is 1. The highest BCUT2D eigenvalue weighted by molar-refractivity contribution is 5.70. The second-order valence-electron chi connectivity index (χ2n) is 8.71. The van der Waals surface area contributed by atoms with Crippen molar-refractivity contribution in [2.75, 3.05) is 13.6 Å². The minimum absolute atomic E-state index is 0.0469. The maximum Gasteiger partial charge on any atom is 0.409 e. The predicted octanol–water partition coefficient (Wildman–Crippen LogP) is 2.88. The number of amides is 1. The molecule has 2 aliphatic carbocycles. The van der Waals surface area contributed by atoms with Gasteiger partial charge < -0.3 is 19.5 Å². The van der Waals surface area contributed by atoms with Gasteiger partial charge in [-0.15, -0.1) is 5.10 Å². The molecule has 0 aliphatic heterocycles. The van der Waals surface area contributed by atoms with Gasteiger partial charge in [-0.05, 0) is 56.6 Å². The van der Waals surface area contributed by atoms with E-state index in [0.717, 1.165) is 12.8 Å². The quantitative estimate of drug-likeness (QED) is 0.661. The number of rotatable bonds is 8. The Morgan fingerprint density at radius 1 is 1.25 bits per heavy atom. The number of carbonyl (C=O) groups excluding carboxylic acids is 1. The Balaban J connectivity index is 1.37. The molecule has 10 heteroatoms. The molecule has 2 aromatic heterocycles. The van der Waals surface area contributed by atoms with Crippen molar-refractivity contribution < 1.29 is 24.2 Å². The first-order chi connectivity index (χ1) is 15.4. The van der Waals surface area contributed by atoms with E-state index in [2.05, 4.69) is 15.3 Å². The van der Waals surface area contributed by atoms with Crippen LogP contribution in [0.3, 0.4) is 0 Å². The second kappa shape index (κ2) is 9.54. The Labute approximate surface area is 186 Å². The number of nitrogens with zero attached hydrogens (tertiary/aromatic N) is 5. The van der Waals surface area contributed by atoms with E-state index in [0.29, 0.717) is 48.1 Å². The second-order valence-corrected chi connectivity index (χ2v) is 8.71. The molecular formula is C22H29N5O5. The molecule has 172 valence electrons. The third-order valence-corrected chi connectivity index (χ3v) is 6.07. The number of pyridine rings is 1. The maximum absolute atomic E-state index is 12.2. The summed E-state index contributed by atoms with van der Waals surface area (Å²) >= 11 is 0. The summed E-state index contributed by atoms with van der Waals surface area (Å²) in [5, 5.41) is 17.5. The molecule has 1 amide bonds. The van der Waals surface area contributed by atoms with E-state index in [-0.39, 0.29) is 24.7 Å². The molecule has 2 saturated carbocycles. The highest BCUT2D eigenvalue weighted by Crippen LogP contribution is 2.30. The van der Waals surface area contributed by atoms with Gasteiger partial charge in [0.05, 0.1) is 23.9 Å². The van der Waals surface area contributed by atoms with Crippen LogP contribution in [0.4, 0.5) is 4.79 Å².